The molecule has 6 nitrogen and oxygen atoms in total. The zero-order chi connectivity index (χ0) is 20.5. The molecule has 1 aliphatic heterocycles. The molecule has 1 aliphatic rings. The summed E-state index contributed by atoms with van der Waals surface area (Å²) in [5.41, 5.74) is -0.945. The Morgan fingerprint density at radius 2 is 1.71 bits per heavy atom. The van der Waals surface area contributed by atoms with Crippen LogP contribution in [0.5, 0.6) is 0 Å². The Hall–Kier alpha value is -2.37. The van der Waals surface area contributed by atoms with Gasteiger partial charge in [-0.05, 0) is 46.9 Å². The largest absolute Gasteiger partial charge is 0.416 e. The second-order valence-corrected chi connectivity index (χ2v) is 7.38. The summed E-state index contributed by atoms with van der Waals surface area (Å²) in [5, 5.41) is 11.3. The second-order valence-electron chi connectivity index (χ2n) is 6.22. The van der Waals surface area contributed by atoms with Crippen molar-refractivity contribution in [2.24, 2.45) is 0 Å². The molecule has 28 heavy (non-hydrogen) atoms. The van der Waals surface area contributed by atoms with Gasteiger partial charge in [-0.3, -0.25) is 14.9 Å². The first-order chi connectivity index (χ1) is 13.2. The predicted molar refractivity (Wildman–Crippen MR) is 105 cm³/mol. The minimum absolute atomic E-state index is 0.124. The van der Waals surface area contributed by atoms with Gasteiger partial charge >= 0.3 is 6.18 Å². The van der Waals surface area contributed by atoms with Crippen molar-refractivity contribution in [1.29, 1.82) is 0 Å². The van der Waals surface area contributed by atoms with Crippen LogP contribution in [0.1, 0.15) is 15.9 Å². The van der Waals surface area contributed by atoms with Crippen molar-refractivity contribution in [3.05, 3.63) is 67.3 Å². The fourth-order valence-corrected chi connectivity index (χ4v) is 3.69. The van der Waals surface area contributed by atoms with E-state index in [1.54, 1.807) is 21.9 Å². The van der Waals surface area contributed by atoms with Crippen LogP contribution in [-0.2, 0) is 6.18 Å². The summed E-state index contributed by atoms with van der Waals surface area (Å²) in [4.78, 5) is 26.4. The third-order valence-electron chi connectivity index (χ3n) is 4.51. The Kier molecular flexibility index (Phi) is 5.77. The minimum atomic E-state index is -4.65. The zero-order valence-corrected chi connectivity index (χ0v) is 16.6. The molecule has 2 aromatic carbocycles. The van der Waals surface area contributed by atoms with Crippen molar-refractivity contribution in [3.63, 3.8) is 0 Å². The van der Waals surface area contributed by atoms with E-state index in [1.165, 1.54) is 0 Å². The molecule has 1 fully saturated rings. The Morgan fingerprint density at radius 3 is 2.29 bits per heavy atom. The number of hydrogen-bond donors (Lipinski definition) is 0. The number of benzene rings is 2. The maximum absolute atomic E-state index is 12.9. The maximum atomic E-state index is 12.9. The highest BCUT2D eigenvalue weighted by Gasteiger charge is 2.34. The molecule has 0 unspecified atom stereocenters. The van der Waals surface area contributed by atoms with Crippen LogP contribution in [0.3, 0.4) is 0 Å². The van der Waals surface area contributed by atoms with Crippen LogP contribution in [-0.4, -0.2) is 41.9 Å². The van der Waals surface area contributed by atoms with Gasteiger partial charge in [0.2, 0.25) is 0 Å². The summed E-state index contributed by atoms with van der Waals surface area (Å²) in [6.07, 6.45) is -4.65. The maximum Gasteiger partial charge on any atom is 0.416 e. The van der Waals surface area contributed by atoms with Gasteiger partial charge in [0.1, 0.15) is 5.69 Å². The van der Waals surface area contributed by atoms with Crippen LogP contribution in [0.4, 0.5) is 24.5 Å². The highest BCUT2D eigenvalue weighted by molar-refractivity contribution is 14.1. The first kappa shape index (κ1) is 20.4. The topological polar surface area (TPSA) is 66.7 Å². The number of hydrogen-bond acceptors (Lipinski definition) is 4. The van der Waals surface area contributed by atoms with Gasteiger partial charge in [-0.15, -0.1) is 0 Å². The Labute approximate surface area is 172 Å². The van der Waals surface area contributed by atoms with Gasteiger partial charge in [-0.1, -0.05) is 12.1 Å². The van der Waals surface area contributed by atoms with E-state index in [4.69, 9.17) is 0 Å². The number of nitrogens with zero attached hydrogens (tertiary/aromatic N) is 3. The number of amides is 1. The van der Waals surface area contributed by atoms with Crippen molar-refractivity contribution in [2.75, 3.05) is 31.1 Å². The molecule has 148 valence electrons. The molecule has 0 N–H and O–H groups in total. The fourth-order valence-electron chi connectivity index (χ4n) is 3.07. The quantitative estimate of drug-likeness (QED) is 0.357. The Balaban J connectivity index is 1.77. The number of alkyl halides is 3. The normalized spacial score (nSPS) is 14.9. The number of carbonyl (C=O) groups is 1. The van der Waals surface area contributed by atoms with E-state index >= 15 is 0 Å². The zero-order valence-electron chi connectivity index (χ0n) is 14.4. The monoisotopic (exact) mass is 505 g/mol. The number of piperazine rings is 1. The average molecular weight is 505 g/mol. The summed E-state index contributed by atoms with van der Waals surface area (Å²) in [6, 6.07) is 9.69. The molecule has 1 heterocycles. The van der Waals surface area contributed by atoms with Crippen LogP contribution < -0.4 is 4.90 Å². The lowest BCUT2D eigenvalue weighted by Gasteiger charge is -2.36. The molecule has 0 saturated carbocycles. The molecule has 0 radical (unpaired) electrons. The fraction of sp³-hybridized carbons (Fsp3) is 0.278. The minimum Gasteiger partial charge on any atom is -0.362 e. The molecule has 0 aliphatic carbocycles. The predicted octanol–water partition coefficient (Wildman–Crippen LogP) is 4.18. The highest BCUT2D eigenvalue weighted by atomic mass is 127. The number of nitro groups is 1. The van der Waals surface area contributed by atoms with E-state index in [9.17, 15) is 28.1 Å². The summed E-state index contributed by atoms with van der Waals surface area (Å²) in [7, 11) is 0. The molecule has 0 atom stereocenters. The van der Waals surface area contributed by atoms with Crippen molar-refractivity contribution < 1.29 is 22.9 Å². The SMILES string of the molecule is O=C(c1ccccc1I)N1CCN(c2ccc(C(F)(F)F)cc2[N+](=O)[O-])CC1. The smallest absolute Gasteiger partial charge is 0.362 e. The summed E-state index contributed by atoms with van der Waals surface area (Å²) in [6.45, 7) is 1.23. The van der Waals surface area contributed by atoms with Crippen LogP contribution >= 0.6 is 22.6 Å². The van der Waals surface area contributed by atoms with E-state index in [1.807, 2.05) is 12.1 Å². The standard InChI is InChI=1S/C18H15F3IN3O3/c19-18(20,21)12-5-6-15(16(11-12)25(27)28)23-7-9-24(10-8-23)17(26)13-3-1-2-4-14(13)22/h1-6,11H,7-10H2. The summed E-state index contributed by atoms with van der Waals surface area (Å²) < 4.78 is 39.4. The van der Waals surface area contributed by atoms with Gasteiger partial charge in [0.25, 0.3) is 11.6 Å². The lowest BCUT2D eigenvalue weighted by Crippen LogP contribution is -2.49. The molecule has 2 aromatic rings. The van der Waals surface area contributed by atoms with E-state index in [2.05, 4.69) is 22.6 Å². The summed E-state index contributed by atoms with van der Waals surface area (Å²) >= 11 is 2.08. The molecular weight excluding hydrogens is 490 g/mol. The van der Waals surface area contributed by atoms with E-state index < -0.39 is 22.4 Å². The highest BCUT2D eigenvalue weighted by Crippen LogP contribution is 2.36. The third-order valence-corrected chi connectivity index (χ3v) is 5.45. The average Bonchev–Trinajstić information content (AvgIpc) is 2.67. The number of halogens is 4. The molecule has 0 bridgehead atoms. The van der Waals surface area contributed by atoms with Crippen molar-refractivity contribution in [3.8, 4) is 0 Å². The van der Waals surface area contributed by atoms with Crippen molar-refractivity contribution >= 4 is 39.9 Å². The lowest BCUT2D eigenvalue weighted by atomic mass is 10.1. The first-order valence-electron chi connectivity index (χ1n) is 8.33. The molecule has 3 rings (SSSR count). The van der Waals surface area contributed by atoms with Gasteiger partial charge in [0, 0.05) is 35.8 Å². The molecule has 1 amide bonds. The first-order valence-corrected chi connectivity index (χ1v) is 9.41. The Morgan fingerprint density at radius 1 is 1.07 bits per heavy atom. The van der Waals surface area contributed by atoms with Gasteiger partial charge in [0.05, 0.1) is 16.1 Å². The van der Waals surface area contributed by atoms with E-state index in [-0.39, 0.29) is 11.6 Å². The molecule has 0 spiro atoms. The molecule has 0 aromatic heterocycles. The van der Waals surface area contributed by atoms with Crippen LogP contribution in [0.15, 0.2) is 42.5 Å². The van der Waals surface area contributed by atoms with Gasteiger partial charge in [-0.2, -0.15) is 13.2 Å². The van der Waals surface area contributed by atoms with Crippen LogP contribution in [0.25, 0.3) is 0 Å². The van der Waals surface area contributed by atoms with E-state index in [0.717, 1.165) is 15.7 Å². The molecule has 10 heteroatoms. The third kappa shape index (κ3) is 4.21. The number of anilines is 1. The Bertz CT molecular complexity index is 912. The van der Waals surface area contributed by atoms with Gasteiger partial charge in [-0.25, -0.2) is 0 Å². The number of nitro benzene ring substituents is 1. The van der Waals surface area contributed by atoms with Crippen molar-refractivity contribution in [1.82, 2.24) is 4.90 Å². The van der Waals surface area contributed by atoms with Gasteiger partial charge in [0.15, 0.2) is 0 Å². The lowest BCUT2D eigenvalue weighted by molar-refractivity contribution is -0.384. The number of rotatable bonds is 3. The van der Waals surface area contributed by atoms with Crippen molar-refractivity contribution in [2.45, 2.75) is 6.18 Å². The molecular formula is C18H15F3IN3O3. The molecule has 1 saturated heterocycles. The van der Waals surface area contributed by atoms with Crippen LogP contribution in [0, 0.1) is 13.7 Å². The van der Waals surface area contributed by atoms with E-state index in [0.29, 0.717) is 37.8 Å². The van der Waals surface area contributed by atoms with Crippen LogP contribution in [0.2, 0.25) is 0 Å². The van der Waals surface area contributed by atoms with Gasteiger partial charge < -0.3 is 9.80 Å². The number of carbonyl (C=O) groups excluding carboxylic acids is 1. The second kappa shape index (κ2) is 7.94. The summed E-state index contributed by atoms with van der Waals surface area (Å²) in [5.74, 6) is -0.133.